The van der Waals surface area contributed by atoms with Crippen molar-refractivity contribution in [1.82, 2.24) is 0 Å². The molecule has 0 saturated carbocycles. The lowest BCUT2D eigenvalue weighted by molar-refractivity contribution is 0.397. The number of hydrogen-bond donors (Lipinski definition) is 1. The molecule has 2 aromatic rings. The van der Waals surface area contributed by atoms with Crippen molar-refractivity contribution in [3.8, 4) is 23.8 Å². The van der Waals surface area contributed by atoms with Crippen LogP contribution < -0.4 is 14.8 Å². The number of ether oxygens (including phenoxy) is 2. The van der Waals surface area contributed by atoms with Gasteiger partial charge in [0, 0.05) is 16.8 Å². The van der Waals surface area contributed by atoms with Crippen LogP contribution in [0.5, 0.6) is 11.5 Å². The Bertz CT molecular complexity index is 659. The standard InChI is InChI=1S/C18H19NO2/c1-5-14-7-6-8-15(11-14)19-13(2)17-12-16(20-3)9-10-18(17)21-4/h1,6-13,19H,2-4H3. The number of rotatable bonds is 5. The fourth-order valence-corrected chi connectivity index (χ4v) is 2.20. The van der Waals surface area contributed by atoms with Crippen molar-refractivity contribution in [2.24, 2.45) is 0 Å². The normalized spacial score (nSPS) is 11.3. The van der Waals surface area contributed by atoms with Crippen LogP contribution in [0, 0.1) is 12.3 Å². The Morgan fingerprint density at radius 3 is 2.57 bits per heavy atom. The minimum atomic E-state index is 0.0584. The SMILES string of the molecule is C#Cc1cccc(NC(C)c2cc(OC)ccc2OC)c1. The molecular weight excluding hydrogens is 262 g/mol. The zero-order chi connectivity index (χ0) is 15.2. The summed E-state index contributed by atoms with van der Waals surface area (Å²) in [6.07, 6.45) is 5.43. The molecule has 0 saturated heterocycles. The molecule has 2 aromatic carbocycles. The Labute approximate surface area is 125 Å². The molecule has 0 radical (unpaired) electrons. The van der Waals surface area contributed by atoms with Gasteiger partial charge in [-0.1, -0.05) is 12.0 Å². The van der Waals surface area contributed by atoms with Crippen molar-refractivity contribution in [3.63, 3.8) is 0 Å². The van der Waals surface area contributed by atoms with Crippen LogP contribution in [0.4, 0.5) is 5.69 Å². The van der Waals surface area contributed by atoms with Crippen LogP contribution in [-0.4, -0.2) is 14.2 Å². The van der Waals surface area contributed by atoms with E-state index in [9.17, 15) is 0 Å². The van der Waals surface area contributed by atoms with Gasteiger partial charge >= 0.3 is 0 Å². The van der Waals surface area contributed by atoms with Crippen LogP contribution >= 0.6 is 0 Å². The molecule has 1 atom stereocenters. The lowest BCUT2D eigenvalue weighted by Gasteiger charge is -2.19. The Balaban J connectivity index is 2.27. The molecule has 0 aromatic heterocycles. The fraction of sp³-hybridized carbons (Fsp3) is 0.222. The minimum Gasteiger partial charge on any atom is -0.497 e. The monoisotopic (exact) mass is 281 g/mol. The van der Waals surface area contributed by atoms with Crippen LogP contribution in [0.1, 0.15) is 24.1 Å². The van der Waals surface area contributed by atoms with E-state index >= 15 is 0 Å². The van der Waals surface area contributed by atoms with Crippen molar-refractivity contribution in [1.29, 1.82) is 0 Å². The summed E-state index contributed by atoms with van der Waals surface area (Å²) in [5.74, 6) is 4.26. The Hall–Kier alpha value is -2.60. The molecule has 108 valence electrons. The van der Waals surface area contributed by atoms with Crippen LogP contribution in [-0.2, 0) is 0 Å². The second-order valence-corrected chi connectivity index (χ2v) is 4.70. The summed E-state index contributed by atoms with van der Waals surface area (Å²) in [4.78, 5) is 0. The first-order valence-electron chi connectivity index (χ1n) is 6.73. The molecule has 0 aliphatic carbocycles. The predicted octanol–water partition coefficient (Wildman–Crippen LogP) is 3.86. The Morgan fingerprint density at radius 2 is 1.90 bits per heavy atom. The van der Waals surface area contributed by atoms with Crippen LogP contribution in [0.15, 0.2) is 42.5 Å². The number of hydrogen-bond acceptors (Lipinski definition) is 3. The molecule has 0 spiro atoms. The highest BCUT2D eigenvalue weighted by Gasteiger charge is 2.12. The number of methoxy groups -OCH3 is 2. The van der Waals surface area contributed by atoms with Gasteiger partial charge in [0.05, 0.1) is 20.3 Å². The average Bonchev–Trinajstić information content (AvgIpc) is 2.54. The third-order valence-electron chi connectivity index (χ3n) is 3.32. The molecule has 0 aliphatic heterocycles. The summed E-state index contributed by atoms with van der Waals surface area (Å²) in [6, 6.07) is 13.6. The molecule has 0 aliphatic rings. The largest absolute Gasteiger partial charge is 0.497 e. The van der Waals surface area contributed by atoms with Crippen LogP contribution in [0.25, 0.3) is 0 Å². The van der Waals surface area contributed by atoms with Gasteiger partial charge in [0.25, 0.3) is 0 Å². The van der Waals surface area contributed by atoms with E-state index in [-0.39, 0.29) is 6.04 Å². The highest BCUT2D eigenvalue weighted by atomic mass is 16.5. The summed E-state index contributed by atoms with van der Waals surface area (Å²) in [5, 5.41) is 3.43. The summed E-state index contributed by atoms with van der Waals surface area (Å²) in [6.45, 7) is 2.07. The van der Waals surface area contributed by atoms with Crippen molar-refractivity contribution in [3.05, 3.63) is 53.6 Å². The van der Waals surface area contributed by atoms with Gasteiger partial charge in [-0.15, -0.1) is 6.42 Å². The molecule has 0 amide bonds. The van der Waals surface area contributed by atoms with E-state index in [4.69, 9.17) is 15.9 Å². The van der Waals surface area contributed by atoms with E-state index in [1.54, 1.807) is 14.2 Å². The third kappa shape index (κ3) is 3.49. The van der Waals surface area contributed by atoms with E-state index in [1.165, 1.54) is 0 Å². The van der Waals surface area contributed by atoms with Gasteiger partial charge in [0.1, 0.15) is 11.5 Å². The lowest BCUT2D eigenvalue weighted by Crippen LogP contribution is -2.08. The van der Waals surface area contributed by atoms with Gasteiger partial charge in [0.15, 0.2) is 0 Å². The molecule has 3 nitrogen and oxygen atoms in total. The average molecular weight is 281 g/mol. The number of benzene rings is 2. The first kappa shape index (κ1) is 14.8. The molecule has 1 N–H and O–H groups in total. The zero-order valence-corrected chi connectivity index (χ0v) is 12.5. The van der Waals surface area contributed by atoms with E-state index < -0.39 is 0 Å². The molecular formula is C18H19NO2. The van der Waals surface area contributed by atoms with E-state index in [2.05, 4.69) is 18.2 Å². The quantitative estimate of drug-likeness (QED) is 0.844. The number of anilines is 1. The second kappa shape index (κ2) is 6.71. The molecule has 2 rings (SSSR count). The second-order valence-electron chi connectivity index (χ2n) is 4.70. The van der Waals surface area contributed by atoms with Gasteiger partial charge in [-0.05, 0) is 43.3 Å². The third-order valence-corrected chi connectivity index (χ3v) is 3.32. The van der Waals surface area contributed by atoms with Crippen LogP contribution in [0.2, 0.25) is 0 Å². The maximum Gasteiger partial charge on any atom is 0.124 e. The molecule has 21 heavy (non-hydrogen) atoms. The van der Waals surface area contributed by atoms with Crippen molar-refractivity contribution in [2.45, 2.75) is 13.0 Å². The molecule has 0 bridgehead atoms. The first-order valence-corrected chi connectivity index (χ1v) is 6.73. The lowest BCUT2D eigenvalue weighted by atomic mass is 10.1. The zero-order valence-electron chi connectivity index (χ0n) is 12.5. The summed E-state index contributed by atoms with van der Waals surface area (Å²) < 4.78 is 10.7. The summed E-state index contributed by atoms with van der Waals surface area (Å²) in [5.41, 5.74) is 2.86. The van der Waals surface area contributed by atoms with Crippen LogP contribution in [0.3, 0.4) is 0 Å². The van der Waals surface area contributed by atoms with E-state index in [1.807, 2.05) is 42.5 Å². The topological polar surface area (TPSA) is 30.5 Å². The highest BCUT2D eigenvalue weighted by Crippen LogP contribution is 2.31. The minimum absolute atomic E-state index is 0.0584. The number of terminal acetylenes is 1. The van der Waals surface area contributed by atoms with Crippen molar-refractivity contribution in [2.75, 3.05) is 19.5 Å². The number of nitrogens with one attached hydrogen (secondary N) is 1. The van der Waals surface area contributed by atoms with Gasteiger partial charge in [-0.3, -0.25) is 0 Å². The van der Waals surface area contributed by atoms with Gasteiger partial charge in [0.2, 0.25) is 0 Å². The van der Waals surface area contributed by atoms with Crippen molar-refractivity contribution < 1.29 is 9.47 Å². The maximum absolute atomic E-state index is 5.43. The highest BCUT2D eigenvalue weighted by molar-refractivity contribution is 5.53. The Kier molecular flexibility index (Phi) is 4.73. The molecule has 0 heterocycles. The summed E-state index contributed by atoms with van der Waals surface area (Å²) in [7, 11) is 3.32. The van der Waals surface area contributed by atoms with Gasteiger partial charge in [-0.2, -0.15) is 0 Å². The predicted molar refractivity (Wildman–Crippen MR) is 86.0 cm³/mol. The smallest absolute Gasteiger partial charge is 0.124 e. The molecule has 1 unspecified atom stereocenters. The molecule has 3 heteroatoms. The van der Waals surface area contributed by atoms with Gasteiger partial charge in [-0.25, -0.2) is 0 Å². The first-order chi connectivity index (χ1) is 10.2. The maximum atomic E-state index is 5.43. The van der Waals surface area contributed by atoms with Gasteiger partial charge < -0.3 is 14.8 Å². The van der Waals surface area contributed by atoms with Crippen molar-refractivity contribution >= 4 is 5.69 Å². The fourth-order valence-electron chi connectivity index (χ4n) is 2.20. The Morgan fingerprint density at radius 1 is 1.10 bits per heavy atom. The summed E-state index contributed by atoms with van der Waals surface area (Å²) >= 11 is 0. The molecule has 0 fully saturated rings. The van der Waals surface area contributed by atoms with E-state index in [0.717, 1.165) is 28.3 Å². The van der Waals surface area contributed by atoms with E-state index in [0.29, 0.717) is 0 Å².